The van der Waals surface area contributed by atoms with E-state index < -0.39 is 20.0 Å². The van der Waals surface area contributed by atoms with Crippen LogP contribution in [0.4, 0.5) is 0 Å². The van der Waals surface area contributed by atoms with Crippen LogP contribution in [0.5, 0.6) is 0 Å². The van der Waals surface area contributed by atoms with Gasteiger partial charge in [-0.05, 0) is 64.2 Å². The first-order valence-corrected chi connectivity index (χ1v) is 39.5. The van der Waals surface area contributed by atoms with Crippen molar-refractivity contribution < 1.29 is 32.9 Å². The highest BCUT2D eigenvalue weighted by molar-refractivity contribution is 7.45. The Bertz CT molecular complexity index is 1540. The quantitative estimate of drug-likeness (QED) is 0.0272. The van der Waals surface area contributed by atoms with Crippen LogP contribution in [-0.2, 0) is 18.4 Å². The fourth-order valence-corrected chi connectivity index (χ4v) is 12.3. The summed E-state index contributed by atoms with van der Waals surface area (Å²) in [4.78, 5) is 25.7. The minimum absolute atomic E-state index is 0.00485. The van der Waals surface area contributed by atoms with E-state index in [1.807, 2.05) is 27.2 Å². The third-order valence-corrected chi connectivity index (χ3v) is 18.5. The number of allylic oxidation sites excluding steroid dienone is 7. The van der Waals surface area contributed by atoms with Crippen molar-refractivity contribution in [3.8, 4) is 0 Å². The SMILES string of the molecule is CCCCCCC/C=C\C/C=C\CCCCCCCCCCCCCCCCCCCCCCCCCC(=O)NC(COP(=O)([O-])OCC[N+](C)(C)C)C(O)/C=C/CC/C=C/CCCCCCCCCCCCCCCCCCCCCCCCC. The number of likely N-dealkylation sites (N-methyl/N-ethyl adjacent to an activating group) is 1. The van der Waals surface area contributed by atoms with Gasteiger partial charge in [0.25, 0.3) is 7.82 Å². The summed E-state index contributed by atoms with van der Waals surface area (Å²) in [5.74, 6) is -0.199. The summed E-state index contributed by atoms with van der Waals surface area (Å²) < 4.78 is 23.5. The molecule has 8 nitrogen and oxygen atoms in total. The number of phosphoric ester groups is 1. The lowest BCUT2D eigenvalue weighted by molar-refractivity contribution is -0.870. The Morgan fingerprint density at radius 1 is 0.407 bits per heavy atom. The first-order valence-electron chi connectivity index (χ1n) is 38.0. The van der Waals surface area contributed by atoms with E-state index >= 15 is 0 Å². The maximum Gasteiger partial charge on any atom is 0.268 e. The molecule has 9 heteroatoms. The van der Waals surface area contributed by atoms with Gasteiger partial charge in [0.1, 0.15) is 13.2 Å². The number of carbonyl (C=O) groups excluding carboxylic acids is 1. The van der Waals surface area contributed by atoms with Crippen LogP contribution >= 0.6 is 7.82 Å². The van der Waals surface area contributed by atoms with Crippen molar-refractivity contribution in [1.29, 1.82) is 0 Å². The first kappa shape index (κ1) is 84.5. The molecule has 1 amide bonds. The zero-order valence-corrected chi connectivity index (χ0v) is 59.2. The van der Waals surface area contributed by atoms with Gasteiger partial charge in [0, 0.05) is 6.42 Å². The molecule has 0 heterocycles. The van der Waals surface area contributed by atoms with E-state index in [0.717, 1.165) is 44.9 Å². The first-order chi connectivity index (χ1) is 42.0. The number of nitrogens with zero attached hydrogens (tertiary/aromatic N) is 1. The minimum Gasteiger partial charge on any atom is -0.756 e. The standard InChI is InChI=1S/C77H149N2O6P/c1-6-8-10-12-14-16-18-20-22-24-26-28-30-32-34-36-37-38-39-40-41-43-45-47-49-51-53-55-57-59-61-63-65-67-69-71-77(81)78-75(74-85-86(82,83)84-73-72-79(3,4)5)76(80)70-68-66-64-62-60-58-56-54-52-50-48-46-44-42-35-33-31-29-27-25-23-21-19-17-15-13-11-9-7-2/h18,20,24,26,60,62,68,70,75-76,80H,6-17,19,21-23,25,27-59,61,63-67,69,71-74H2,1-5H3,(H-,78,81,82,83)/b20-18-,26-24-,62-60+,70-68+. The van der Waals surface area contributed by atoms with E-state index in [2.05, 4.69) is 55.6 Å². The van der Waals surface area contributed by atoms with Crippen LogP contribution in [0.25, 0.3) is 0 Å². The fraction of sp³-hybridized carbons (Fsp3) is 0.883. The minimum atomic E-state index is -4.61. The molecule has 0 aliphatic carbocycles. The molecule has 0 rings (SSSR count). The van der Waals surface area contributed by atoms with Gasteiger partial charge < -0.3 is 28.8 Å². The lowest BCUT2D eigenvalue weighted by Crippen LogP contribution is -2.45. The summed E-state index contributed by atoms with van der Waals surface area (Å²) in [6.07, 6.45) is 92.7. The average molecular weight is 1230 g/mol. The zero-order chi connectivity index (χ0) is 62.6. The van der Waals surface area contributed by atoms with E-state index in [4.69, 9.17) is 9.05 Å². The van der Waals surface area contributed by atoms with Crippen LogP contribution in [0.3, 0.4) is 0 Å². The van der Waals surface area contributed by atoms with Crippen molar-refractivity contribution in [2.75, 3.05) is 40.9 Å². The van der Waals surface area contributed by atoms with E-state index in [1.54, 1.807) is 6.08 Å². The van der Waals surface area contributed by atoms with Gasteiger partial charge in [-0.2, -0.15) is 0 Å². The smallest absolute Gasteiger partial charge is 0.268 e. The molecular weight excluding hydrogens is 1080 g/mol. The Morgan fingerprint density at radius 3 is 1.01 bits per heavy atom. The highest BCUT2D eigenvalue weighted by atomic mass is 31.2. The van der Waals surface area contributed by atoms with Crippen molar-refractivity contribution >= 4 is 13.7 Å². The Hall–Kier alpha value is -1.54. The molecule has 0 bridgehead atoms. The molecule has 0 aliphatic rings. The Balaban J connectivity index is 4.01. The number of aliphatic hydroxyl groups excluding tert-OH is 1. The fourth-order valence-electron chi connectivity index (χ4n) is 11.6. The third kappa shape index (κ3) is 69.9. The molecule has 0 aromatic rings. The molecule has 508 valence electrons. The number of aliphatic hydroxyl groups is 1. The predicted octanol–water partition coefficient (Wildman–Crippen LogP) is 23.9. The maximum atomic E-state index is 13.1. The van der Waals surface area contributed by atoms with Gasteiger partial charge in [0.05, 0.1) is 39.9 Å². The summed E-state index contributed by atoms with van der Waals surface area (Å²) in [5, 5.41) is 14.0. The molecule has 0 fully saturated rings. The van der Waals surface area contributed by atoms with Gasteiger partial charge >= 0.3 is 0 Å². The number of hydrogen-bond donors (Lipinski definition) is 2. The largest absolute Gasteiger partial charge is 0.756 e. The third-order valence-electron chi connectivity index (χ3n) is 17.5. The van der Waals surface area contributed by atoms with E-state index in [1.165, 1.54) is 321 Å². The number of carbonyl (C=O) groups is 1. The van der Waals surface area contributed by atoms with Gasteiger partial charge in [-0.25, -0.2) is 0 Å². The molecule has 3 unspecified atom stereocenters. The highest BCUT2D eigenvalue weighted by Gasteiger charge is 2.23. The molecule has 86 heavy (non-hydrogen) atoms. The summed E-state index contributed by atoms with van der Waals surface area (Å²) in [7, 11) is 1.26. The number of nitrogens with one attached hydrogen (secondary N) is 1. The van der Waals surface area contributed by atoms with Crippen molar-refractivity contribution in [1.82, 2.24) is 5.32 Å². The Kier molecular flexibility index (Phi) is 66.6. The van der Waals surface area contributed by atoms with E-state index in [-0.39, 0.29) is 19.1 Å². The number of rotatable bonds is 71. The normalized spacial score (nSPS) is 13.8. The Labute approximate surface area is 537 Å². The van der Waals surface area contributed by atoms with Crippen molar-refractivity contribution in [3.63, 3.8) is 0 Å². The number of unbranched alkanes of at least 4 members (excludes halogenated alkanes) is 52. The predicted molar refractivity (Wildman–Crippen MR) is 376 cm³/mol. The van der Waals surface area contributed by atoms with Crippen molar-refractivity contribution in [2.45, 2.75) is 398 Å². The van der Waals surface area contributed by atoms with Crippen LogP contribution in [0.2, 0.25) is 0 Å². The Morgan fingerprint density at radius 2 is 0.686 bits per heavy atom. The van der Waals surface area contributed by atoms with Crippen molar-refractivity contribution in [2.24, 2.45) is 0 Å². The second-order valence-corrected chi connectivity index (χ2v) is 28.8. The summed E-state index contributed by atoms with van der Waals surface area (Å²) >= 11 is 0. The van der Waals surface area contributed by atoms with Crippen LogP contribution in [0, 0.1) is 0 Å². The van der Waals surface area contributed by atoms with Gasteiger partial charge in [-0.3, -0.25) is 9.36 Å². The highest BCUT2D eigenvalue weighted by Crippen LogP contribution is 2.38. The molecule has 0 saturated heterocycles. The average Bonchev–Trinajstić information content (AvgIpc) is 3.70. The summed E-state index contributed by atoms with van der Waals surface area (Å²) in [6.45, 7) is 4.68. The zero-order valence-electron chi connectivity index (χ0n) is 58.3. The molecule has 3 atom stereocenters. The molecule has 0 aromatic carbocycles. The molecule has 0 aliphatic heterocycles. The molecule has 0 saturated carbocycles. The maximum absolute atomic E-state index is 13.1. The summed E-state index contributed by atoms with van der Waals surface area (Å²) in [5.41, 5.74) is 0. The number of hydrogen-bond acceptors (Lipinski definition) is 6. The van der Waals surface area contributed by atoms with Crippen LogP contribution in [0.1, 0.15) is 386 Å². The number of amides is 1. The van der Waals surface area contributed by atoms with E-state index in [0.29, 0.717) is 17.4 Å². The van der Waals surface area contributed by atoms with Gasteiger partial charge in [0.2, 0.25) is 5.91 Å². The lowest BCUT2D eigenvalue weighted by Gasteiger charge is -2.29. The van der Waals surface area contributed by atoms with Gasteiger partial charge in [-0.15, -0.1) is 0 Å². The van der Waals surface area contributed by atoms with E-state index in [9.17, 15) is 19.4 Å². The second kappa shape index (κ2) is 67.8. The number of quaternary nitrogens is 1. The molecular formula is C77H149N2O6P. The van der Waals surface area contributed by atoms with Crippen LogP contribution in [0.15, 0.2) is 48.6 Å². The monoisotopic (exact) mass is 1230 g/mol. The molecule has 0 spiro atoms. The van der Waals surface area contributed by atoms with Gasteiger partial charge in [-0.1, -0.05) is 364 Å². The second-order valence-electron chi connectivity index (χ2n) is 27.4. The molecule has 0 radical (unpaired) electrons. The van der Waals surface area contributed by atoms with Crippen molar-refractivity contribution in [3.05, 3.63) is 48.6 Å². The molecule has 0 aromatic heterocycles. The lowest BCUT2D eigenvalue weighted by atomic mass is 10.0. The topological polar surface area (TPSA) is 108 Å². The van der Waals surface area contributed by atoms with Crippen LogP contribution in [-0.4, -0.2) is 68.5 Å². The van der Waals surface area contributed by atoms with Gasteiger partial charge in [0.15, 0.2) is 0 Å². The molecule has 2 N–H and O–H groups in total. The summed E-state index contributed by atoms with van der Waals surface area (Å²) in [6, 6.07) is -0.905. The van der Waals surface area contributed by atoms with Crippen LogP contribution < -0.4 is 10.2 Å². The number of phosphoric acid groups is 1.